The highest BCUT2D eigenvalue weighted by molar-refractivity contribution is 7.92. The first kappa shape index (κ1) is 18.9. The number of rotatable bonds is 5. The van der Waals surface area contributed by atoms with Crippen LogP contribution in [0, 0.1) is 5.92 Å². The second-order valence-electron chi connectivity index (χ2n) is 6.59. The minimum absolute atomic E-state index is 0.0704. The monoisotopic (exact) mass is 388 g/mol. The molecule has 1 aliphatic rings. The van der Waals surface area contributed by atoms with Crippen LogP contribution in [0.2, 0.25) is 0 Å². The van der Waals surface area contributed by atoms with Gasteiger partial charge in [-0.3, -0.25) is 14.3 Å². The second kappa shape index (κ2) is 7.40. The SMILES string of the molecule is CS(=O)(=O)Nc1ccccc1C(=O)N1CC(C(=O)O)C(c2ccccc2)C1. The summed E-state index contributed by atoms with van der Waals surface area (Å²) in [5.41, 5.74) is 1.24. The Hall–Kier alpha value is -2.87. The maximum atomic E-state index is 13.0. The first-order valence-electron chi connectivity index (χ1n) is 8.40. The molecule has 27 heavy (non-hydrogen) atoms. The zero-order valence-corrected chi connectivity index (χ0v) is 15.5. The number of hydrogen-bond acceptors (Lipinski definition) is 4. The fourth-order valence-corrected chi connectivity index (χ4v) is 3.96. The van der Waals surface area contributed by atoms with Crippen LogP contribution in [0.25, 0.3) is 0 Å². The molecule has 8 heteroatoms. The van der Waals surface area contributed by atoms with Crippen molar-refractivity contribution in [2.75, 3.05) is 24.1 Å². The zero-order chi connectivity index (χ0) is 19.6. The number of hydrogen-bond donors (Lipinski definition) is 2. The lowest BCUT2D eigenvalue weighted by Gasteiger charge is -2.19. The van der Waals surface area contributed by atoms with Crippen molar-refractivity contribution in [2.24, 2.45) is 5.92 Å². The van der Waals surface area contributed by atoms with Crippen LogP contribution in [0.15, 0.2) is 54.6 Å². The van der Waals surface area contributed by atoms with Gasteiger partial charge >= 0.3 is 5.97 Å². The van der Waals surface area contributed by atoms with Crippen molar-refractivity contribution in [1.82, 2.24) is 4.90 Å². The van der Waals surface area contributed by atoms with Gasteiger partial charge in [-0.2, -0.15) is 0 Å². The van der Waals surface area contributed by atoms with E-state index >= 15 is 0 Å². The number of sulfonamides is 1. The van der Waals surface area contributed by atoms with Crippen LogP contribution >= 0.6 is 0 Å². The van der Waals surface area contributed by atoms with Gasteiger partial charge in [0.1, 0.15) is 0 Å². The summed E-state index contributed by atoms with van der Waals surface area (Å²) in [6, 6.07) is 15.5. The predicted octanol–water partition coefficient (Wildman–Crippen LogP) is 2.00. The molecule has 1 amide bonds. The molecule has 1 saturated heterocycles. The Bertz CT molecular complexity index is 959. The van der Waals surface area contributed by atoms with E-state index in [1.165, 1.54) is 17.0 Å². The highest BCUT2D eigenvalue weighted by Gasteiger charge is 2.41. The molecule has 7 nitrogen and oxygen atoms in total. The third-order valence-corrected chi connectivity index (χ3v) is 5.20. The van der Waals surface area contributed by atoms with E-state index in [2.05, 4.69) is 4.72 Å². The number of amides is 1. The molecule has 2 atom stereocenters. The molecule has 0 spiro atoms. The van der Waals surface area contributed by atoms with Gasteiger partial charge in [0.25, 0.3) is 5.91 Å². The quantitative estimate of drug-likeness (QED) is 0.815. The van der Waals surface area contributed by atoms with Crippen molar-refractivity contribution in [3.05, 3.63) is 65.7 Å². The fourth-order valence-electron chi connectivity index (χ4n) is 3.39. The number of carbonyl (C=O) groups is 2. The summed E-state index contributed by atoms with van der Waals surface area (Å²) in [6.45, 7) is 0.327. The Kier molecular flexibility index (Phi) is 5.18. The van der Waals surface area contributed by atoms with Crippen LogP contribution < -0.4 is 4.72 Å². The number of likely N-dealkylation sites (tertiary alicyclic amines) is 1. The molecule has 2 N–H and O–H groups in total. The first-order valence-corrected chi connectivity index (χ1v) is 10.3. The number of para-hydroxylation sites is 1. The molecule has 0 aromatic heterocycles. The van der Waals surface area contributed by atoms with E-state index in [0.717, 1.165) is 11.8 Å². The van der Waals surface area contributed by atoms with Gasteiger partial charge in [-0.05, 0) is 17.7 Å². The van der Waals surface area contributed by atoms with Crippen LogP contribution in [0.3, 0.4) is 0 Å². The third kappa shape index (κ3) is 4.28. The van der Waals surface area contributed by atoms with Crippen molar-refractivity contribution in [1.29, 1.82) is 0 Å². The van der Waals surface area contributed by atoms with Gasteiger partial charge in [-0.1, -0.05) is 42.5 Å². The van der Waals surface area contributed by atoms with E-state index in [4.69, 9.17) is 0 Å². The normalized spacial score (nSPS) is 19.7. The predicted molar refractivity (Wildman–Crippen MR) is 101 cm³/mol. The number of carbonyl (C=O) groups excluding carboxylic acids is 1. The summed E-state index contributed by atoms with van der Waals surface area (Å²) >= 11 is 0. The molecule has 1 heterocycles. The minimum Gasteiger partial charge on any atom is -0.481 e. The lowest BCUT2D eigenvalue weighted by molar-refractivity contribution is -0.141. The van der Waals surface area contributed by atoms with Crippen LogP contribution in [0.5, 0.6) is 0 Å². The Morgan fingerprint density at radius 3 is 2.30 bits per heavy atom. The van der Waals surface area contributed by atoms with Crippen molar-refractivity contribution in [3.8, 4) is 0 Å². The lowest BCUT2D eigenvalue weighted by atomic mass is 9.89. The maximum Gasteiger partial charge on any atom is 0.308 e. The summed E-state index contributed by atoms with van der Waals surface area (Å²) in [7, 11) is -3.55. The van der Waals surface area contributed by atoms with Gasteiger partial charge in [0, 0.05) is 19.0 Å². The Labute approximate surface area is 157 Å². The standard InChI is InChI=1S/C19H20N2O5S/c1-27(25,26)20-17-10-6-5-9-14(17)18(22)21-11-15(16(12-21)19(23)24)13-7-3-2-4-8-13/h2-10,15-16,20H,11-12H2,1H3,(H,23,24). The molecule has 2 aromatic rings. The molecule has 0 bridgehead atoms. The average molecular weight is 388 g/mol. The highest BCUT2D eigenvalue weighted by atomic mass is 32.2. The van der Waals surface area contributed by atoms with E-state index in [0.29, 0.717) is 0 Å². The molecule has 1 fully saturated rings. The van der Waals surface area contributed by atoms with Crippen LogP contribution in [0.1, 0.15) is 21.8 Å². The summed E-state index contributed by atoms with van der Waals surface area (Å²) < 4.78 is 25.5. The van der Waals surface area contributed by atoms with E-state index < -0.39 is 27.8 Å². The van der Waals surface area contributed by atoms with E-state index in [1.54, 1.807) is 12.1 Å². The molecule has 1 aliphatic heterocycles. The Morgan fingerprint density at radius 2 is 1.67 bits per heavy atom. The molecule has 3 rings (SSSR count). The molecular weight excluding hydrogens is 368 g/mol. The van der Waals surface area contributed by atoms with E-state index in [9.17, 15) is 23.1 Å². The highest BCUT2D eigenvalue weighted by Crippen LogP contribution is 2.34. The number of carboxylic acid groups (broad SMARTS) is 1. The van der Waals surface area contributed by atoms with Crippen molar-refractivity contribution < 1.29 is 23.1 Å². The third-order valence-electron chi connectivity index (χ3n) is 4.60. The van der Waals surface area contributed by atoms with Crippen LogP contribution in [-0.4, -0.2) is 49.6 Å². The fraction of sp³-hybridized carbons (Fsp3) is 0.263. The van der Waals surface area contributed by atoms with E-state index in [-0.39, 0.29) is 30.3 Å². The smallest absolute Gasteiger partial charge is 0.308 e. The number of nitrogens with zero attached hydrogens (tertiary/aromatic N) is 1. The number of carboxylic acids is 1. The molecule has 0 saturated carbocycles. The minimum atomic E-state index is -3.55. The molecule has 0 radical (unpaired) electrons. The zero-order valence-electron chi connectivity index (χ0n) is 14.7. The number of anilines is 1. The molecule has 2 unspecified atom stereocenters. The molecule has 142 valence electrons. The largest absolute Gasteiger partial charge is 0.481 e. The maximum absolute atomic E-state index is 13.0. The van der Waals surface area contributed by atoms with Crippen molar-refractivity contribution in [3.63, 3.8) is 0 Å². The van der Waals surface area contributed by atoms with Gasteiger partial charge in [0.15, 0.2) is 0 Å². The van der Waals surface area contributed by atoms with Gasteiger partial charge in [-0.15, -0.1) is 0 Å². The summed E-state index contributed by atoms with van der Waals surface area (Å²) in [4.78, 5) is 26.2. The summed E-state index contributed by atoms with van der Waals surface area (Å²) in [5, 5.41) is 9.59. The summed E-state index contributed by atoms with van der Waals surface area (Å²) in [5.74, 6) is -2.39. The van der Waals surface area contributed by atoms with Gasteiger partial charge in [-0.25, -0.2) is 8.42 Å². The molecule has 2 aromatic carbocycles. The van der Waals surface area contributed by atoms with Crippen LogP contribution in [-0.2, 0) is 14.8 Å². The average Bonchev–Trinajstić information content (AvgIpc) is 3.07. The van der Waals surface area contributed by atoms with E-state index in [1.807, 2.05) is 30.3 Å². The molecular formula is C19H20N2O5S. The first-order chi connectivity index (χ1) is 12.8. The second-order valence-corrected chi connectivity index (χ2v) is 8.34. The Morgan fingerprint density at radius 1 is 1.04 bits per heavy atom. The lowest BCUT2D eigenvalue weighted by Crippen LogP contribution is -2.30. The topological polar surface area (TPSA) is 104 Å². The number of nitrogens with one attached hydrogen (secondary N) is 1. The van der Waals surface area contributed by atoms with Crippen LogP contribution in [0.4, 0.5) is 5.69 Å². The van der Waals surface area contributed by atoms with Gasteiger partial charge in [0.05, 0.1) is 23.4 Å². The number of benzene rings is 2. The Balaban J connectivity index is 1.89. The number of aliphatic carboxylic acids is 1. The van der Waals surface area contributed by atoms with Crippen molar-refractivity contribution in [2.45, 2.75) is 5.92 Å². The summed E-state index contributed by atoms with van der Waals surface area (Å²) in [6.07, 6.45) is 1.01. The van der Waals surface area contributed by atoms with Gasteiger partial charge < -0.3 is 10.0 Å². The molecule has 0 aliphatic carbocycles. The van der Waals surface area contributed by atoms with Crippen molar-refractivity contribution >= 4 is 27.6 Å². The van der Waals surface area contributed by atoms with Gasteiger partial charge in [0.2, 0.25) is 10.0 Å².